The van der Waals surface area contributed by atoms with Crippen LogP contribution in [0.25, 0.3) is 0 Å². The molecule has 0 bridgehead atoms. The van der Waals surface area contributed by atoms with E-state index in [-0.39, 0.29) is 23.8 Å². The monoisotopic (exact) mass is 383 g/mol. The molecule has 1 unspecified atom stereocenters. The first kappa shape index (κ1) is 17.6. The van der Waals surface area contributed by atoms with Gasteiger partial charge in [-0.1, -0.05) is 27.5 Å². The highest BCUT2D eigenvalue weighted by molar-refractivity contribution is 9.09. The minimum absolute atomic E-state index is 0.149. The van der Waals surface area contributed by atoms with Gasteiger partial charge >= 0.3 is 11.7 Å². The van der Waals surface area contributed by atoms with Crippen molar-refractivity contribution in [3.8, 4) is 5.75 Å². The average molecular weight is 385 g/mol. The lowest BCUT2D eigenvalue weighted by Gasteiger charge is -2.17. The fraction of sp³-hybridized carbons (Fsp3) is 0.417. The van der Waals surface area contributed by atoms with Crippen molar-refractivity contribution in [2.45, 2.75) is 19.4 Å². The van der Waals surface area contributed by atoms with Crippen LogP contribution >= 0.6 is 27.5 Å². The molecule has 0 aliphatic rings. The minimum Gasteiger partial charge on any atom is -0.477 e. The molecule has 21 heavy (non-hydrogen) atoms. The smallest absolute Gasteiger partial charge is 0.347 e. The summed E-state index contributed by atoms with van der Waals surface area (Å²) in [6, 6.07) is 1.61. The van der Waals surface area contributed by atoms with Crippen molar-refractivity contribution in [3.63, 3.8) is 0 Å². The van der Waals surface area contributed by atoms with Gasteiger partial charge in [-0.15, -0.1) is 0 Å². The predicted molar refractivity (Wildman–Crippen MR) is 77.5 cm³/mol. The molecule has 0 aromatic heterocycles. The third kappa shape index (κ3) is 4.82. The lowest BCUT2D eigenvalue weighted by Crippen LogP contribution is -2.30. The Labute approximate surface area is 133 Å². The molecule has 1 atom stereocenters. The van der Waals surface area contributed by atoms with Crippen LogP contribution in [-0.4, -0.2) is 28.9 Å². The van der Waals surface area contributed by atoms with E-state index in [0.29, 0.717) is 5.33 Å². The zero-order valence-corrected chi connectivity index (χ0v) is 13.3. The molecule has 1 aromatic carbocycles. The fourth-order valence-corrected chi connectivity index (χ4v) is 2.07. The molecule has 0 aliphatic heterocycles. The first-order chi connectivity index (χ1) is 9.90. The number of benzene rings is 1. The number of hydrogen-bond acceptors (Lipinski definition) is 5. The minimum atomic E-state index is -1.08. The van der Waals surface area contributed by atoms with Crippen molar-refractivity contribution in [2.24, 2.45) is 0 Å². The number of nitrogens with zero attached hydrogens (tertiary/aromatic N) is 1. The van der Waals surface area contributed by atoms with Gasteiger partial charge in [0, 0.05) is 17.8 Å². The highest BCUT2D eigenvalue weighted by atomic mass is 79.9. The van der Waals surface area contributed by atoms with Gasteiger partial charge in [0.2, 0.25) is 5.82 Å². The SMILES string of the molecule is CCOC(=O)C(CCBr)Oc1cc([N+](=O)[O-])c(F)cc1Cl. The normalized spacial score (nSPS) is 11.8. The van der Waals surface area contributed by atoms with Crippen LogP contribution < -0.4 is 4.74 Å². The van der Waals surface area contributed by atoms with Crippen LogP contribution in [-0.2, 0) is 9.53 Å². The molecule has 1 aromatic rings. The Morgan fingerprint density at radius 1 is 1.57 bits per heavy atom. The summed E-state index contributed by atoms with van der Waals surface area (Å²) >= 11 is 8.94. The van der Waals surface area contributed by atoms with Crippen LogP contribution in [0.2, 0.25) is 5.02 Å². The van der Waals surface area contributed by atoms with E-state index in [9.17, 15) is 19.3 Å². The standard InChI is InChI=1S/C12H12BrClFNO5/c1-2-20-12(17)10(3-4-13)21-11-6-9(16(18)19)8(15)5-7(11)14/h5-6,10H,2-4H2,1H3. The summed E-state index contributed by atoms with van der Waals surface area (Å²) in [5.41, 5.74) is -0.782. The highest BCUT2D eigenvalue weighted by Crippen LogP contribution is 2.32. The number of carbonyl (C=O) groups excluding carboxylic acids is 1. The van der Waals surface area contributed by atoms with Gasteiger partial charge in [0.05, 0.1) is 22.6 Å². The van der Waals surface area contributed by atoms with Gasteiger partial charge in [-0.05, 0) is 6.92 Å². The maximum Gasteiger partial charge on any atom is 0.347 e. The third-order valence-electron chi connectivity index (χ3n) is 2.39. The van der Waals surface area contributed by atoms with Gasteiger partial charge in [0.15, 0.2) is 6.10 Å². The Balaban J connectivity index is 3.05. The van der Waals surface area contributed by atoms with Crippen LogP contribution in [0.4, 0.5) is 10.1 Å². The largest absolute Gasteiger partial charge is 0.477 e. The van der Waals surface area contributed by atoms with E-state index in [2.05, 4.69) is 15.9 Å². The number of halogens is 3. The lowest BCUT2D eigenvalue weighted by molar-refractivity contribution is -0.387. The van der Waals surface area contributed by atoms with Crippen LogP contribution in [0, 0.1) is 15.9 Å². The van der Waals surface area contributed by atoms with E-state index in [1.165, 1.54) is 0 Å². The zero-order chi connectivity index (χ0) is 16.0. The summed E-state index contributed by atoms with van der Waals surface area (Å²) < 4.78 is 23.5. The van der Waals surface area contributed by atoms with E-state index in [1.807, 2.05) is 0 Å². The van der Waals surface area contributed by atoms with Gasteiger partial charge in [0.25, 0.3) is 0 Å². The Hall–Kier alpha value is -1.41. The van der Waals surface area contributed by atoms with E-state index in [0.717, 1.165) is 12.1 Å². The summed E-state index contributed by atoms with van der Waals surface area (Å²) in [6.45, 7) is 1.80. The molecule has 0 N–H and O–H groups in total. The summed E-state index contributed by atoms with van der Waals surface area (Å²) in [4.78, 5) is 21.5. The average Bonchev–Trinajstić information content (AvgIpc) is 2.40. The van der Waals surface area contributed by atoms with Gasteiger partial charge in [-0.25, -0.2) is 4.79 Å². The van der Waals surface area contributed by atoms with E-state index >= 15 is 0 Å². The van der Waals surface area contributed by atoms with E-state index < -0.39 is 28.5 Å². The molecule has 0 spiro atoms. The molecule has 6 nitrogen and oxygen atoms in total. The van der Waals surface area contributed by atoms with Crippen molar-refractivity contribution < 1.29 is 23.6 Å². The van der Waals surface area contributed by atoms with Crippen molar-refractivity contribution in [3.05, 3.63) is 33.1 Å². The number of rotatable bonds is 7. The van der Waals surface area contributed by atoms with Crippen molar-refractivity contribution in [2.75, 3.05) is 11.9 Å². The predicted octanol–water partition coefficient (Wildman–Crippen LogP) is 3.48. The molecule has 0 saturated heterocycles. The third-order valence-corrected chi connectivity index (χ3v) is 3.14. The first-order valence-corrected chi connectivity index (χ1v) is 7.43. The fourth-order valence-electron chi connectivity index (χ4n) is 1.46. The van der Waals surface area contributed by atoms with Gasteiger partial charge in [-0.2, -0.15) is 4.39 Å². The molecule has 0 saturated carbocycles. The molecular weight excluding hydrogens is 372 g/mol. The van der Waals surface area contributed by atoms with Gasteiger partial charge < -0.3 is 9.47 Å². The second-order valence-electron chi connectivity index (χ2n) is 3.83. The topological polar surface area (TPSA) is 78.7 Å². The lowest BCUT2D eigenvalue weighted by atomic mass is 10.2. The van der Waals surface area contributed by atoms with Crippen LogP contribution in [0.1, 0.15) is 13.3 Å². The molecule has 9 heteroatoms. The Bertz CT molecular complexity index is 543. The van der Waals surface area contributed by atoms with Crippen molar-refractivity contribution in [1.82, 2.24) is 0 Å². The number of carbonyl (C=O) groups is 1. The number of ether oxygens (including phenoxy) is 2. The quantitative estimate of drug-likeness (QED) is 0.311. The second-order valence-corrected chi connectivity index (χ2v) is 5.03. The maximum absolute atomic E-state index is 13.4. The number of nitro groups is 1. The van der Waals surface area contributed by atoms with Gasteiger partial charge in [-0.3, -0.25) is 10.1 Å². The second kappa shape index (κ2) is 8.14. The molecule has 0 fully saturated rings. The number of hydrogen-bond donors (Lipinski definition) is 0. The van der Waals surface area contributed by atoms with Crippen LogP contribution in [0.15, 0.2) is 12.1 Å². The molecule has 116 valence electrons. The number of nitro benzene ring substituents is 1. The van der Waals surface area contributed by atoms with Crippen LogP contribution in [0.3, 0.4) is 0 Å². The Morgan fingerprint density at radius 2 is 2.24 bits per heavy atom. The maximum atomic E-state index is 13.4. The molecule has 0 amide bonds. The van der Waals surface area contributed by atoms with Crippen molar-refractivity contribution >= 4 is 39.2 Å². The van der Waals surface area contributed by atoms with E-state index in [4.69, 9.17) is 21.1 Å². The summed E-state index contributed by atoms with van der Waals surface area (Å²) in [7, 11) is 0. The Kier molecular flexibility index (Phi) is 6.83. The molecular formula is C12H12BrClFNO5. The molecule has 1 rings (SSSR count). The zero-order valence-electron chi connectivity index (χ0n) is 11.0. The first-order valence-electron chi connectivity index (χ1n) is 5.93. The molecule has 0 heterocycles. The van der Waals surface area contributed by atoms with Gasteiger partial charge in [0.1, 0.15) is 5.75 Å². The van der Waals surface area contributed by atoms with E-state index in [1.54, 1.807) is 6.92 Å². The summed E-state index contributed by atoms with van der Waals surface area (Å²) in [6.07, 6.45) is -0.729. The molecule has 0 aliphatic carbocycles. The van der Waals surface area contributed by atoms with Crippen molar-refractivity contribution in [1.29, 1.82) is 0 Å². The summed E-state index contributed by atoms with van der Waals surface area (Å²) in [5.74, 6) is -1.85. The molecule has 0 radical (unpaired) electrons. The number of alkyl halides is 1. The number of esters is 1. The Morgan fingerprint density at radius 3 is 2.76 bits per heavy atom. The summed E-state index contributed by atoms with van der Waals surface area (Å²) in [5, 5.41) is 11.0. The highest BCUT2D eigenvalue weighted by Gasteiger charge is 2.25. The van der Waals surface area contributed by atoms with Crippen LogP contribution in [0.5, 0.6) is 5.75 Å².